The molecule has 2 N–H and O–H groups in total. The summed E-state index contributed by atoms with van der Waals surface area (Å²) in [6, 6.07) is 10.2. The SMILES string of the molecule is O=C(NCc1ccco1)C(=O)N/N=C\c1ccc(Cl)cc1. The molecule has 1 heterocycles. The van der Waals surface area contributed by atoms with Crippen LogP contribution >= 0.6 is 11.6 Å². The first-order chi connectivity index (χ1) is 10.1. The zero-order valence-electron chi connectivity index (χ0n) is 10.9. The lowest BCUT2D eigenvalue weighted by Crippen LogP contribution is -2.37. The summed E-state index contributed by atoms with van der Waals surface area (Å²) in [5, 5.41) is 6.70. The molecule has 0 aliphatic heterocycles. The standard InChI is InChI=1S/C14H12ClN3O3/c15-11-5-3-10(4-6-11)8-17-18-14(20)13(19)16-9-12-2-1-7-21-12/h1-8H,9H2,(H,16,19)(H,18,20)/b17-8-. The van der Waals surface area contributed by atoms with E-state index in [9.17, 15) is 9.59 Å². The van der Waals surface area contributed by atoms with Gasteiger partial charge in [-0.25, -0.2) is 5.43 Å². The zero-order chi connectivity index (χ0) is 15.1. The molecular formula is C14H12ClN3O3. The van der Waals surface area contributed by atoms with Crippen LogP contribution in [0, 0.1) is 0 Å². The van der Waals surface area contributed by atoms with E-state index < -0.39 is 11.8 Å². The molecule has 0 aliphatic carbocycles. The van der Waals surface area contributed by atoms with Crippen LogP contribution in [-0.2, 0) is 16.1 Å². The molecule has 0 atom stereocenters. The van der Waals surface area contributed by atoms with Crippen molar-refractivity contribution in [1.82, 2.24) is 10.7 Å². The van der Waals surface area contributed by atoms with E-state index in [1.165, 1.54) is 12.5 Å². The summed E-state index contributed by atoms with van der Waals surface area (Å²) in [4.78, 5) is 22.9. The molecule has 0 saturated heterocycles. The molecule has 0 aliphatic rings. The summed E-state index contributed by atoms with van der Waals surface area (Å²) < 4.78 is 5.03. The Morgan fingerprint density at radius 1 is 1.19 bits per heavy atom. The first-order valence-electron chi connectivity index (χ1n) is 6.04. The number of hydrogen-bond donors (Lipinski definition) is 2. The van der Waals surface area contributed by atoms with Gasteiger partial charge in [0.1, 0.15) is 5.76 Å². The number of carbonyl (C=O) groups is 2. The fourth-order valence-electron chi connectivity index (χ4n) is 1.43. The normalized spacial score (nSPS) is 10.5. The number of furan rings is 1. The van der Waals surface area contributed by atoms with Crippen molar-refractivity contribution in [2.75, 3.05) is 0 Å². The van der Waals surface area contributed by atoms with Gasteiger partial charge in [-0.05, 0) is 29.8 Å². The molecule has 1 aromatic carbocycles. The van der Waals surface area contributed by atoms with E-state index in [2.05, 4.69) is 15.8 Å². The lowest BCUT2D eigenvalue weighted by Gasteiger charge is -2.01. The second-order valence-electron chi connectivity index (χ2n) is 4.01. The van der Waals surface area contributed by atoms with Gasteiger partial charge in [-0.3, -0.25) is 9.59 Å². The summed E-state index contributed by atoms with van der Waals surface area (Å²) in [6.07, 6.45) is 2.89. The second kappa shape index (κ2) is 7.25. The first-order valence-corrected chi connectivity index (χ1v) is 6.42. The second-order valence-corrected chi connectivity index (χ2v) is 4.45. The molecule has 1 aromatic heterocycles. The topological polar surface area (TPSA) is 83.7 Å². The van der Waals surface area contributed by atoms with Crippen LogP contribution in [-0.4, -0.2) is 18.0 Å². The maximum absolute atomic E-state index is 11.5. The minimum atomic E-state index is -0.855. The highest BCUT2D eigenvalue weighted by Gasteiger charge is 2.12. The number of hydrazone groups is 1. The third kappa shape index (κ3) is 4.77. The van der Waals surface area contributed by atoms with E-state index in [0.29, 0.717) is 10.8 Å². The Labute approximate surface area is 125 Å². The van der Waals surface area contributed by atoms with E-state index in [1.807, 2.05) is 0 Å². The van der Waals surface area contributed by atoms with Crippen molar-refractivity contribution in [3.63, 3.8) is 0 Å². The van der Waals surface area contributed by atoms with Gasteiger partial charge in [0, 0.05) is 5.02 Å². The van der Waals surface area contributed by atoms with E-state index in [-0.39, 0.29) is 6.54 Å². The van der Waals surface area contributed by atoms with Crippen LogP contribution in [0.2, 0.25) is 5.02 Å². The maximum atomic E-state index is 11.5. The Bertz CT molecular complexity index is 636. The van der Waals surface area contributed by atoms with E-state index in [1.54, 1.807) is 36.4 Å². The highest BCUT2D eigenvalue weighted by Crippen LogP contribution is 2.07. The molecule has 21 heavy (non-hydrogen) atoms. The van der Waals surface area contributed by atoms with E-state index in [4.69, 9.17) is 16.0 Å². The summed E-state index contributed by atoms with van der Waals surface area (Å²) >= 11 is 5.74. The van der Waals surface area contributed by atoms with Gasteiger partial charge >= 0.3 is 11.8 Å². The highest BCUT2D eigenvalue weighted by atomic mass is 35.5. The third-order valence-corrected chi connectivity index (χ3v) is 2.71. The van der Waals surface area contributed by atoms with Crippen molar-refractivity contribution in [3.05, 3.63) is 59.0 Å². The molecule has 0 spiro atoms. The fraction of sp³-hybridized carbons (Fsp3) is 0.0714. The molecule has 6 nitrogen and oxygen atoms in total. The van der Waals surface area contributed by atoms with Gasteiger partial charge in [0.25, 0.3) is 0 Å². The molecule has 2 amide bonds. The Morgan fingerprint density at radius 2 is 1.95 bits per heavy atom. The molecule has 2 rings (SSSR count). The monoisotopic (exact) mass is 305 g/mol. The zero-order valence-corrected chi connectivity index (χ0v) is 11.6. The summed E-state index contributed by atoms with van der Waals surface area (Å²) in [6.45, 7) is 0.139. The van der Waals surface area contributed by atoms with E-state index in [0.717, 1.165) is 5.56 Å². The van der Waals surface area contributed by atoms with Crippen molar-refractivity contribution in [2.24, 2.45) is 5.10 Å². The van der Waals surface area contributed by atoms with Crippen molar-refractivity contribution in [1.29, 1.82) is 0 Å². The quantitative estimate of drug-likeness (QED) is 0.512. The van der Waals surface area contributed by atoms with Crippen LogP contribution in [0.1, 0.15) is 11.3 Å². The van der Waals surface area contributed by atoms with Gasteiger partial charge in [-0.15, -0.1) is 0 Å². The van der Waals surface area contributed by atoms with Crippen LogP contribution in [0.3, 0.4) is 0 Å². The van der Waals surface area contributed by atoms with Crippen LogP contribution in [0.4, 0.5) is 0 Å². The van der Waals surface area contributed by atoms with Gasteiger partial charge in [0.15, 0.2) is 0 Å². The number of nitrogens with zero attached hydrogens (tertiary/aromatic N) is 1. The van der Waals surface area contributed by atoms with Crippen LogP contribution in [0.25, 0.3) is 0 Å². The van der Waals surface area contributed by atoms with Crippen molar-refractivity contribution < 1.29 is 14.0 Å². The van der Waals surface area contributed by atoms with Crippen LogP contribution < -0.4 is 10.7 Å². The van der Waals surface area contributed by atoms with Gasteiger partial charge in [0.05, 0.1) is 19.0 Å². The average Bonchev–Trinajstić information content (AvgIpc) is 3.00. The number of halogens is 1. The van der Waals surface area contributed by atoms with Crippen molar-refractivity contribution >= 4 is 29.6 Å². The fourth-order valence-corrected chi connectivity index (χ4v) is 1.55. The molecule has 7 heteroatoms. The minimum Gasteiger partial charge on any atom is -0.467 e. The number of hydrogen-bond acceptors (Lipinski definition) is 4. The highest BCUT2D eigenvalue weighted by molar-refractivity contribution is 6.35. The first kappa shape index (κ1) is 14.8. The Hall–Kier alpha value is -2.60. The largest absolute Gasteiger partial charge is 0.467 e. The number of nitrogens with one attached hydrogen (secondary N) is 2. The number of benzene rings is 1. The van der Waals surface area contributed by atoms with Crippen molar-refractivity contribution in [3.8, 4) is 0 Å². The molecule has 108 valence electrons. The predicted octanol–water partition coefficient (Wildman–Crippen LogP) is 1.70. The van der Waals surface area contributed by atoms with Crippen LogP contribution in [0.15, 0.2) is 52.2 Å². The summed E-state index contributed by atoms with van der Waals surface area (Å²) in [5.74, 6) is -1.09. The molecule has 0 bridgehead atoms. The van der Waals surface area contributed by atoms with Gasteiger partial charge in [0.2, 0.25) is 0 Å². The van der Waals surface area contributed by atoms with E-state index >= 15 is 0 Å². The molecule has 2 aromatic rings. The Balaban J connectivity index is 1.78. The lowest BCUT2D eigenvalue weighted by molar-refractivity contribution is -0.139. The van der Waals surface area contributed by atoms with Gasteiger partial charge < -0.3 is 9.73 Å². The average molecular weight is 306 g/mol. The Kier molecular flexibility index (Phi) is 5.11. The molecule has 0 unspecified atom stereocenters. The molecule has 0 saturated carbocycles. The molecular weight excluding hydrogens is 294 g/mol. The van der Waals surface area contributed by atoms with Crippen LogP contribution in [0.5, 0.6) is 0 Å². The number of amides is 2. The third-order valence-electron chi connectivity index (χ3n) is 2.46. The van der Waals surface area contributed by atoms with Gasteiger partial charge in [-0.2, -0.15) is 5.10 Å². The minimum absolute atomic E-state index is 0.139. The summed E-state index contributed by atoms with van der Waals surface area (Å²) in [7, 11) is 0. The molecule has 0 fully saturated rings. The maximum Gasteiger partial charge on any atom is 0.329 e. The van der Waals surface area contributed by atoms with Crippen molar-refractivity contribution in [2.45, 2.75) is 6.54 Å². The smallest absolute Gasteiger partial charge is 0.329 e. The van der Waals surface area contributed by atoms with Gasteiger partial charge in [-0.1, -0.05) is 23.7 Å². The summed E-state index contributed by atoms with van der Waals surface area (Å²) in [5.41, 5.74) is 2.88. The lowest BCUT2D eigenvalue weighted by atomic mass is 10.2. The molecule has 0 radical (unpaired) electrons. The number of rotatable bonds is 4. The predicted molar refractivity (Wildman–Crippen MR) is 77.7 cm³/mol. The number of carbonyl (C=O) groups excluding carboxylic acids is 2. The Morgan fingerprint density at radius 3 is 2.62 bits per heavy atom.